The third-order valence-corrected chi connectivity index (χ3v) is 4.05. The molecule has 0 nitrogen and oxygen atoms in total. The van der Waals surface area contributed by atoms with Crippen LogP contribution in [-0.4, -0.2) is 0 Å². The molecular formula is C16H20. The SMILES string of the molecule is C1=CC2=CC(C1)CCC1=CC(CC=C1)CC2. The zero-order chi connectivity index (χ0) is 10.8. The third-order valence-electron chi connectivity index (χ3n) is 4.05. The molecule has 2 atom stereocenters. The van der Waals surface area contributed by atoms with Crippen molar-refractivity contribution < 1.29 is 0 Å². The molecule has 0 saturated heterocycles. The number of allylic oxidation sites excluding steroid dienone is 8. The zero-order valence-corrected chi connectivity index (χ0v) is 9.86. The van der Waals surface area contributed by atoms with Crippen LogP contribution in [0, 0.1) is 11.8 Å². The standard InChI is InChI=1S/C16H20/c1-3-13-7-9-15-5-2-6-16(12-15)10-8-14(4-1)11-13/h1-3,6,11-12,14-15H,4-5,7-10H2. The molecule has 0 saturated carbocycles. The summed E-state index contributed by atoms with van der Waals surface area (Å²) in [6, 6.07) is 0. The highest BCUT2D eigenvalue weighted by Crippen LogP contribution is 2.32. The quantitative estimate of drug-likeness (QED) is 0.552. The van der Waals surface area contributed by atoms with Crippen molar-refractivity contribution in [2.45, 2.75) is 38.5 Å². The highest BCUT2D eigenvalue weighted by Gasteiger charge is 2.16. The van der Waals surface area contributed by atoms with Crippen LogP contribution in [0.4, 0.5) is 0 Å². The number of fused-ring (bicyclic) bond motifs is 2. The van der Waals surface area contributed by atoms with Crippen molar-refractivity contribution >= 4 is 0 Å². The molecule has 2 unspecified atom stereocenters. The van der Waals surface area contributed by atoms with Gasteiger partial charge < -0.3 is 0 Å². The van der Waals surface area contributed by atoms with Crippen molar-refractivity contribution in [2.24, 2.45) is 11.8 Å². The second-order valence-electron chi connectivity index (χ2n) is 5.36. The van der Waals surface area contributed by atoms with Crippen LogP contribution in [0.15, 0.2) is 47.6 Å². The van der Waals surface area contributed by atoms with Crippen LogP contribution in [0.2, 0.25) is 0 Å². The van der Waals surface area contributed by atoms with Crippen molar-refractivity contribution in [3.63, 3.8) is 0 Å². The van der Waals surface area contributed by atoms with E-state index in [1.54, 1.807) is 11.1 Å². The molecule has 84 valence electrons. The number of hydrogen-bond donors (Lipinski definition) is 0. The summed E-state index contributed by atoms with van der Waals surface area (Å²) in [5.74, 6) is 1.60. The average Bonchev–Trinajstić information content (AvgIpc) is 2.34. The lowest BCUT2D eigenvalue weighted by molar-refractivity contribution is 0.545. The Hall–Kier alpha value is -1.04. The van der Waals surface area contributed by atoms with Crippen LogP contribution < -0.4 is 0 Å². The largest absolute Gasteiger partial charge is 0.0837 e. The maximum atomic E-state index is 2.53. The highest BCUT2D eigenvalue weighted by molar-refractivity contribution is 5.28. The van der Waals surface area contributed by atoms with Gasteiger partial charge in [0.1, 0.15) is 0 Å². The van der Waals surface area contributed by atoms with Crippen LogP contribution in [0.25, 0.3) is 0 Å². The van der Waals surface area contributed by atoms with Crippen molar-refractivity contribution in [3.05, 3.63) is 47.6 Å². The van der Waals surface area contributed by atoms with E-state index < -0.39 is 0 Å². The molecule has 0 aliphatic heterocycles. The summed E-state index contributed by atoms with van der Waals surface area (Å²) in [6.07, 6.45) is 22.2. The van der Waals surface area contributed by atoms with Crippen LogP contribution in [0.1, 0.15) is 38.5 Å². The molecule has 0 aromatic carbocycles. The fraction of sp³-hybridized carbons (Fsp3) is 0.500. The third kappa shape index (κ3) is 2.21. The maximum Gasteiger partial charge on any atom is -0.0190 e. The lowest BCUT2D eigenvalue weighted by Gasteiger charge is -2.23. The van der Waals surface area contributed by atoms with Gasteiger partial charge in [-0.25, -0.2) is 0 Å². The highest BCUT2D eigenvalue weighted by atomic mass is 14.2. The summed E-state index contributed by atoms with van der Waals surface area (Å²) in [7, 11) is 0. The molecule has 0 aromatic heterocycles. The summed E-state index contributed by atoms with van der Waals surface area (Å²) >= 11 is 0. The van der Waals surface area contributed by atoms with Gasteiger partial charge >= 0.3 is 0 Å². The first kappa shape index (κ1) is 10.1. The van der Waals surface area contributed by atoms with Gasteiger partial charge in [0.2, 0.25) is 0 Å². The predicted molar refractivity (Wildman–Crippen MR) is 69.1 cm³/mol. The Kier molecular flexibility index (Phi) is 2.82. The number of rotatable bonds is 0. The summed E-state index contributed by atoms with van der Waals surface area (Å²) in [5.41, 5.74) is 3.17. The van der Waals surface area contributed by atoms with E-state index in [4.69, 9.17) is 0 Å². The molecule has 3 rings (SSSR count). The van der Waals surface area contributed by atoms with Crippen molar-refractivity contribution in [1.82, 2.24) is 0 Å². The Labute approximate surface area is 98.4 Å². The van der Waals surface area contributed by atoms with E-state index in [1.165, 1.54) is 38.5 Å². The number of hydrogen-bond acceptors (Lipinski definition) is 0. The van der Waals surface area contributed by atoms with E-state index in [0.29, 0.717) is 0 Å². The van der Waals surface area contributed by atoms with E-state index in [-0.39, 0.29) is 0 Å². The van der Waals surface area contributed by atoms with E-state index in [2.05, 4.69) is 36.5 Å². The van der Waals surface area contributed by atoms with E-state index in [9.17, 15) is 0 Å². The Morgan fingerprint density at radius 1 is 0.750 bits per heavy atom. The first-order valence-corrected chi connectivity index (χ1v) is 6.64. The van der Waals surface area contributed by atoms with Gasteiger partial charge in [0, 0.05) is 0 Å². The second kappa shape index (κ2) is 4.45. The first-order valence-electron chi connectivity index (χ1n) is 6.64. The molecule has 0 heteroatoms. The molecule has 16 heavy (non-hydrogen) atoms. The second-order valence-corrected chi connectivity index (χ2v) is 5.36. The lowest BCUT2D eigenvalue weighted by Crippen LogP contribution is -2.07. The van der Waals surface area contributed by atoms with Gasteiger partial charge in [-0.3, -0.25) is 0 Å². The fourth-order valence-corrected chi connectivity index (χ4v) is 3.08. The molecule has 0 aromatic rings. The smallest absolute Gasteiger partial charge is 0.0190 e. The monoisotopic (exact) mass is 212 g/mol. The summed E-state index contributed by atoms with van der Waals surface area (Å²) in [5, 5.41) is 0. The molecule has 0 fully saturated rings. The van der Waals surface area contributed by atoms with Gasteiger partial charge in [-0.05, 0) is 50.4 Å². The Morgan fingerprint density at radius 3 is 1.75 bits per heavy atom. The van der Waals surface area contributed by atoms with Crippen molar-refractivity contribution in [3.8, 4) is 0 Å². The van der Waals surface area contributed by atoms with E-state index in [0.717, 1.165) is 11.8 Å². The topological polar surface area (TPSA) is 0 Å². The van der Waals surface area contributed by atoms with Gasteiger partial charge in [-0.15, -0.1) is 0 Å². The molecule has 4 bridgehead atoms. The predicted octanol–water partition coefficient (Wildman–Crippen LogP) is 4.57. The van der Waals surface area contributed by atoms with Crippen LogP contribution in [0.3, 0.4) is 0 Å². The summed E-state index contributed by atoms with van der Waals surface area (Å²) in [6.45, 7) is 0. The van der Waals surface area contributed by atoms with E-state index >= 15 is 0 Å². The van der Waals surface area contributed by atoms with Crippen molar-refractivity contribution in [2.75, 3.05) is 0 Å². The Morgan fingerprint density at radius 2 is 1.25 bits per heavy atom. The molecule has 3 aliphatic carbocycles. The minimum Gasteiger partial charge on any atom is -0.0837 e. The van der Waals surface area contributed by atoms with Gasteiger partial charge in [0.25, 0.3) is 0 Å². The molecule has 0 amide bonds. The summed E-state index contributed by atoms with van der Waals surface area (Å²) < 4.78 is 0. The Bertz CT molecular complexity index is 341. The fourth-order valence-electron chi connectivity index (χ4n) is 3.08. The minimum atomic E-state index is 0.799. The van der Waals surface area contributed by atoms with E-state index in [1.807, 2.05) is 0 Å². The maximum absolute atomic E-state index is 2.53. The van der Waals surface area contributed by atoms with Crippen LogP contribution in [-0.2, 0) is 0 Å². The minimum absolute atomic E-state index is 0.799. The molecular weight excluding hydrogens is 192 g/mol. The Balaban J connectivity index is 1.79. The molecule has 0 spiro atoms. The first-order chi connectivity index (χ1) is 7.90. The molecule has 0 radical (unpaired) electrons. The van der Waals surface area contributed by atoms with Gasteiger partial charge in [-0.1, -0.05) is 47.6 Å². The van der Waals surface area contributed by atoms with Crippen LogP contribution >= 0.6 is 0 Å². The zero-order valence-electron chi connectivity index (χ0n) is 9.86. The average molecular weight is 212 g/mol. The van der Waals surface area contributed by atoms with Gasteiger partial charge in [0.15, 0.2) is 0 Å². The normalized spacial score (nSPS) is 33.0. The van der Waals surface area contributed by atoms with Crippen molar-refractivity contribution in [1.29, 1.82) is 0 Å². The molecule has 3 aliphatic rings. The van der Waals surface area contributed by atoms with Crippen LogP contribution in [0.5, 0.6) is 0 Å². The lowest BCUT2D eigenvalue weighted by atomic mass is 9.83. The summed E-state index contributed by atoms with van der Waals surface area (Å²) in [4.78, 5) is 0. The van der Waals surface area contributed by atoms with Gasteiger partial charge in [-0.2, -0.15) is 0 Å². The molecule has 0 heterocycles. The molecule has 0 N–H and O–H groups in total. The van der Waals surface area contributed by atoms with Gasteiger partial charge in [0.05, 0.1) is 0 Å².